The fourth-order valence-corrected chi connectivity index (χ4v) is 0.742. The number of nitrogens with two attached hydrogens (primary N) is 1. The molecule has 3 N–H and O–H groups in total. The molecule has 1 atom stereocenters. The number of nitrogen functional groups attached to an aromatic ring is 1. The summed E-state index contributed by atoms with van der Waals surface area (Å²) in [6.45, 7) is 2.39. The number of aryl methyl sites for hydroxylation is 1. The Morgan fingerprint density at radius 3 is 3.00 bits per heavy atom. The van der Waals surface area contributed by atoms with Gasteiger partial charge in [-0.25, -0.2) is 0 Å². The molecule has 1 rings (SSSR count). The van der Waals surface area contributed by atoms with Crippen molar-refractivity contribution in [2.75, 3.05) is 5.73 Å². The van der Waals surface area contributed by atoms with E-state index in [9.17, 15) is 0 Å². The molecular weight excluding hydrogens is 144 g/mol. The third kappa shape index (κ3) is 2.55. The quantitative estimate of drug-likeness (QED) is 0.626. The molecule has 0 aliphatic carbocycles. The van der Waals surface area contributed by atoms with Gasteiger partial charge in [0.15, 0.2) is 5.82 Å². The first-order valence-corrected chi connectivity index (χ1v) is 3.52. The molecule has 0 saturated carbocycles. The van der Waals surface area contributed by atoms with E-state index in [1.807, 2.05) is 0 Å². The standard InChI is InChI=1S/C6H12N4O/c1-5(11)2-3-10-4-6(7)8-9-10/h4-5,11H,2-3,7H2,1H3. The molecule has 0 saturated heterocycles. The summed E-state index contributed by atoms with van der Waals surface area (Å²) >= 11 is 0. The number of nitrogens with zero attached hydrogens (tertiary/aromatic N) is 3. The largest absolute Gasteiger partial charge is 0.393 e. The lowest BCUT2D eigenvalue weighted by Crippen LogP contribution is -2.07. The zero-order chi connectivity index (χ0) is 8.27. The maximum Gasteiger partial charge on any atom is 0.165 e. The predicted octanol–water partition coefficient (Wildman–Crippen LogP) is -0.369. The molecule has 5 nitrogen and oxygen atoms in total. The van der Waals surface area contributed by atoms with Crippen molar-refractivity contribution in [2.45, 2.75) is 26.0 Å². The molecule has 0 aliphatic heterocycles. The Bertz CT molecular complexity index is 220. The first-order valence-electron chi connectivity index (χ1n) is 3.52. The number of anilines is 1. The number of aliphatic hydroxyl groups is 1. The minimum absolute atomic E-state index is 0.305. The molecular formula is C6H12N4O. The minimum atomic E-state index is -0.305. The second-order valence-corrected chi connectivity index (χ2v) is 2.54. The molecule has 11 heavy (non-hydrogen) atoms. The highest BCUT2D eigenvalue weighted by Crippen LogP contribution is 1.96. The highest BCUT2D eigenvalue weighted by atomic mass is 16.3. The van der Waals surface area contributed by atoms with Crippen molar-refractivity contribution < 1.29 is 5.11 Å². The van der Waals surface area contributed by atoms with Crippen LogP contribution in [0, 0.1) is 0 Å². The van der Waals surface area contributed by atoms with Crippen molar-refractivity contribution in [2.24, 2.45) is 0 Å². The van der Waals surface area contributed by atoms with Crippen LogP contribution in [0.4, 0.5) is 5.82 Å². The van der Waals surface area contributed by atoms with Crippen LogP contribution < -0.4 is 5.73 Å². The van der Waals surface area contributed by atoms with E-state index in [-0.39, 0.29) is 6.10 Å². The number of hydrogen-bond acceptors (Lipinski definition) is 4. The van der Waals surface area contributed by atoms with Gasteiger partial charge in [0.05, 0.1) is 12.3 Å². The summed E-state index contributed by atoms with van der Waals surface area (Å²) in [6.07, 6.45) is 2.01. The lowest BCUT2D eigenvalue weighted by molar-refractivity contribution is 0.176. The van der Waals surface area contributed by atoms with Crippen molar-refractivity contribution in [1.29, 1.82) is 0 Å². The minimum Gasteiger partial charge on any atom is -0.393 e. The Labute approximate surface area is 64.8 Å². The highest BCUT2D eigenvalue weighted by molar-refractivity contribution is 5.19. The Morgan fingerprint density at radius 2 is 2.55 bits per heavy atom. The maximum absolute atomic E-state index is 8.93. The maximum atomic E-state index is 8.93. The molecule has 62 valence electrons. The van der Waals surface area contributed by atoms with Crippen LogP contribution in [-0.4, -0.2) is 26.2 Å². The van der Waals surface area contributed by atoms with Crippen LogP contribution >= 0.6 is 0 Å². The molecule has 0 aliphatic rings. The molecule has 1 unspecified atom stereocenters. The van der Waals surface area contributed by atoms with Gasteiger partial charge >= 0.3 is 0 Å². The third-order valence-electron chi connectivity index (χ3n) is 1.33. The predicted molar refractivity (Wildman–Crippen MR) is 40.7 cm³/mol. The lowest BCUT2D eigenvalue weighted by Gasteiger charge is -2.01. The van der Waals surface area contributed by atoms with Crippen LogP contribution in [0.1, 0.15) is 13.3 Å². The zero-order valence-electron chi connectivity index (χ0n) is 6.44. The van der Waals surface area contributed by atoms with Crippen molar-refractivity contribution in [1.82, 2.24) is 15.0 Å². The van der Waals surface area contributed by atoms with E-state index in [0.717, 1.165) is 0 Å². The van der Waals surface area contributed by atoms with E-state index < -0.39 is 0 Å². The molecule has 0 radical (unpaired) electrons. The topological polar surface area (TPSA) is 77.0 Å². The molecule has 0 bridgehead atoms. The highest BCUT2D eigenvalue weighted by Gasteiger charge is 1.98. The molecule has 1 aromatic rings. The Balaban J connectivity index is 2.39. The Hall–Kier alpha value is -1.10. The average molecular weight is 156 g/mol. The van der Waals surface area contributed by atoms with Gasteiger partial charge in [0.2, 0.25) is 0 Å². The van der Waals surface area contributed by atoms with Gasteiger partial charge in [-0.05, 0) is 13.3 Å². The van der Waals surface area contributed by atoms with Gasteiger partial charge in [0.1, 0.15) is 0 Å². The van der Waals surface area contributed by atoms with E-state index >= 15 is 0 Å². The number of rotatable bonds is 3. The van der Waals surface area contributed by atoms with Crippen LogP contribution in [-0.2, 0) is 6.54 Å². The average Bonchev–Trinajstić information content (AvgIpc) is 2.31. The molecule has 0 aromatic carbocycles. The van der Waals surface area contributed by atoms with Crippen LogP contribution in [0.5, 0.6) is 0 Å². The van der Waals surface area contributed by atoms with Gasteiger partial charge in [-0.15, -0.1) is 5.10 Å². The van der Waals surface area contributed by atoms with E-state index in [1.54, 1.807) is 17.8 Å². The number of aromatic nitrogens is 3. The zero-order valence-corrected chi connectivity index (χ0v) is 6.44. The molecule has 0 amide bonds. The van der Waals surface area contributed by atoms with Gasteiger partial charge in [-0.3, -0.25) is 4.68 Å². The second-order valence-electron chi connectivity index (χ2n) is 2.54. The summed E-state index contributed by atoms with van der Waals surface area (Å²) in [6, 6.07) is 0. The summed E-state index contributed by atoms with van der Waals surface area (Å²) in [5.74, 6) is 0.413. The summed E-state index contributed by atoms with van der Waals surface area (Å²) < 4.78 is 1.61. The summed E-state index contributed by atoms with van der Waals surface area (Å²) in [5, 5.41) is 16.2. The van der Waals surface area contributed by atoms with Crippen LogP contribution in [0.25, 0.3) is 0 Å². The molecule has 0 spiro atoms. The van der Waals surface area contributed by atoms with E-state index in [1.165, 1.54) is 0 Å². The van der Waals surface area contributed by atoms with E-state index in [0.29, 0.717) is 18.8 Å². The second kappa shape index (κ2) is 3.34. The van der Waals surface area contributed by atoms with Crippen molar-refractivity contribution in [3.8, 4) is 0 Å². The Morgan fingerprint density at radius 1 is 1.82 bits per heavy atom. The third-order valence-corrected chi connectivity index (χ3v) is 1.33. The van der Waals surface area contributed by atoms with Crippen LogP contribution in [0.2, 0.25) is 0 Å². The van der Waals surface area contributed by atoms with Crippen molar-refractivity contribution in [3.05, 3.63) is 6.20 Å². The molecule has 1 aromatic heterocycles. The summed E-state index contributed by atoms with van der Waals surface area (Å²) in [7, 11) is 0. The molecule has 1 heterocycles. The van der Waals surface area contributed by atoms with Crippen molar-refractivity contribution >= 4 is 5.82 Å². The normalized spacial score (nSPS) is 13.3. The van der Waals surface area contributed by atoms with Gasteiger partial charge in [-0.1, -0.05) is 5.21 Å². The Kier molecular flexibility index (Phi) is 2.43. The van der Waals surface area contributed by atoms with Crippen LogP contribution in [0.3, 0.4) is 0 Å². The smallest absolute Gasteiger partial charge is 0.165 e. The fraction of sp³-hybridized carbons (Fsp3) is 0.667. The summed E-state index contributed by atoms with van der Waals surface area (Å²) in [5.41, 5.74) is 5.33. The lowest BCUT2D eigenvalue weighted by atomic mass is 10.3. The van der Waals surface area contributed by atoms with Crippen molar-refractivity contribution in [3.63, 3.8) is 0 Å². The molecule has 5 heteroatoms. The van der Waals surface area contributed by atoms with Gasteiger partial charge in [0.25, 0.3) is 0 Å². The summed E-state index contributed by atoms with van der Waals surface area (Å²) in [4.78, 5) is 0. The van der Waals surface area contributed by atoms with Gasteiger partial charge in [0, 0.05) is 6.54 Å². The van der Waals surface area contributed by atoms with Crippen LogP contribution in [0.15, 0.2) is 6.20 Å². The first kappa shape index (κ1) is 8.00. The van der Waals surface area contributed by atoms with Gasteiger partial charge in [-0.2, -0.15) is 0 Å². The monoisotopic (exact) mass is 156 g/mol. The molecule has 0 fully saturated rings. The van der Waals surface area contributed by atoms with E-state index in [2.05, 4.69) is 10.3 Å². The first-order chi connectivity index (χ1) is 5.18. The number of hydrogen-bond donors (Lipinski definition) is 2. The van der Waals surface area contributed by atoms with Gasteiger partial charge < -0.3 is 10.8 Å². The fourth-order valence-electron chi connectivity index (χ4n) is 0.742. The van der Waals surface area contributed by atoms with E-state index in [4.69, 9.17) is 10.8 Å². The SMILES string of the molecule is CC(O)CCn1cc(N)nn1. The number of aliphatic hydroxyl groups excluding tert-OH is 1.